The summed E-state index contributed by atoms with van der Waals surface area (Å²) >= 11 is 6.02. The Morgan fingerprint density at radius 1 is 1.38 bits per heavy atom. The van der Waals surface area contributed by atoms with Gasteiger partial charge in [-0.1, -0.05) is 41.9 Å². The van der Waals surface area contributed by atoms with E-state index in [9.17, 15) is 9.59 Å². The van der Waals surface area contributed by atoms with E-state index in [1.54, 1.807) is 0 Å². The molecule has 0 spiro atoms. The number of carbonyl (C=O) groups excluding carboxylic acids is 1. The Kier molecular flexibility index (Phi) is 5.00. The predicted molar refractivity (Wildman–Crippen MR) is 92.3 cm³/mol. The van der Waals surface area contributed by atoms with Gasteiger partial charge in [-0.3, -0.25) is 4.79 Å². The Balaban J connectivity index is 1.51. The van der Waals surface area contributed by atoms with Crippen molar-refractivity contribution in [2.24, 2.45) is 0 Å². The Hall–Kier alpha value is -2.54. The van der Waals surface area contributed by atoms with Gasteiger partial charge in [-0.15, -0.1) is 0 Å². The minimum atomic E-state index is -0.411. The van der Waals surface area contributed by atoms with E-state index in [2.05, 4.69) is 20.8 Å². The second-order valence-electron chi connectivity index (χ2n) is 5.64. The molecule has 1 fully saturated rings. The number of urea groups is 1. The van der Waals surface area contributed by atoms with Gasteiger partial charge < -0.3 is 15.5 Å². The summed E-state index contributed by atoms with van der Waals surface area (Å²) < 4.78 is 0. The van der Waals surface area contributed by atoms with E-state index in [1.165, 1.54) is 6.20 Å². The van der Waals surface area contributed by atoms with Gasteiger partial charge in [0.2, 0.25) is 0 Å². The standard InChI is InChI=1S/C16H18ClN5O2/c17-14-13(9-19-21-15(14)23)22-7-6-12(10-22)20-16(24)18-8-11-4-2-1-3-5-11/h1-5,9,12H,6-8,10H2,(H,21,23)(H2,18,20,24). The van der Waals surface area contributed by atoms with E-state index >= 15 is 0 Å². The van der Waals surface area contributed by atoms with Crippen LogP contribution in [0.25, 0.3) is 0 Å². The van der Waals surface area contributed by atoms with Crippen LogP contribution in [-0.4, -0.2) is 35.4 Å². The quantitative estimate of drug-likeness (QED) is 0.781. The highest BCUT2D eigenvalue weighted by Gasteiger charge is 2.26. The molecule has 24 heavy (non-hydrogen) atoms. The number of anilines is 1. The van der Waals surface area contributed by atoms with Crippen molar-refractivity contribution >= 4 is 23.3 Å². The summed E-state index contributed by atoms with van der Waals surface area (Å²) in [5.74, 6) is 0. The Labute approximate surface area is 144 Å². The van der Waals surface area contributed by atoms with E-state index < -0.39 is 5.56 Å². The number of benzene rings is 1. The second kappa shape index (κ2) is 7.35. The normalized spacial score (nSPS) is 16.9. The number of aromatic nitrogens is 2. The van der Waals surface area contributed by atoms with E-state index in [1.807, 2.05) is 35.2 Å². The van der Waals surface area contributed by atoms with Crippen molar-refractivity contribution < 1.29 is 4.79 Å². The van der Waals surface area contributed by atoms with Crippen molar-refractivity contribution in [2.75, 3.05) is 18.0 Å². The lowest BCUT2D eigenvalue weighted by Gasteiger charge is -2.19. The van der Waals surface area contributed by atoms with Crippen LogP contribution in [-0.2, 0) is 6.54 Å². The molecule has 0 saturated carbocycles. The molecular formula is C16H18ClN5O2. The van der Waals surface area contributed by atoms with Gasteiger partial charge in [-0.25, -0.2) is 9.89 Å². The third kappa shape index (κ3) is 3.86. The largest absolute Gasteiger partial charge is 0.367 e. The summed E-state index contributed by atoms with van der Waals surface area (Å²) in [7, 11) is 0. The maximum Gasteiger partial charge on any atom is 0.315 e. The molecule has 1 aromatic carbocycles. The van der Waals surface area contributed by atoms with Crippen LogP contribution in [0.5, 0.6) is 0 Å². The van der Waals surface area contributed by atoms with Crippen LogP contribution in [0.15, 0.2) is 41.3 Å². The van der Waals surface area contributed by atoms with Crippen molar-refractivity contribution in [3.05, 3.63) is 57.5 Å². The smallest absolute Gasteiger partial charge is 0.315 e. The molecule has 1 saturated heterocycles. The topological polar surface area (TPSA) is 90.1 Å². The lowest BCUT2D eigenvalue weighted by Crippen LogP contribution is -2.43. The summed E-state index contributed by atoms with van der Waals surface area (Å²) in [5, 5.41) is 12.0. The highest BCUT2D eigenvalue weighted by atomic mass is 35.5. The first kappa shape index (κ1) is 16.3. The summed E-state index contributed by atoms with van der Waals surface area (Å²) in [6.45, 7) is 1.77. The van der Waals surface area contributed by atoms with Gasteiger partial charge in [0, 0.05) is 25.7 Å². The first-order chi connectivity index (χ1) is 11.6. The number of hydrogen-bond donors (Lipinski definition) is 3. The minimum absolute atomic E-state index is 0.00359. The highest BCUT2D eigenvalue weighted by molar-refractivity contribution is 6.33. The molecule has 8 heteroatoms. The maximum atomic E-state index is 12.0. The van der Waals surface area contributed by atoms with Crippen LogP contribution in [0.2, 0.25) is 5.02 Å². The number of carbonyl (C=O) groups is 1. The molecule has 1 aliphatic heterocycles. The number of H-pyrrole nitrogens is 1. The summed E-state index contributed by atoms with van der Waals surface area (Å²) in [6.07, 6.45) is 2.31. The fraction of sp³-hybridized carbons (Fsp3) is 0.312. The Morgan fingerprint density at radius 2 is 2.17 bits per heavy atom. The Bertz CT molecular complexity index is 765. The van der Waals surface area contributed by atoms with Crippen LogP contribution in [0.1, 0.15) is 12.0 Å². The van der Waals surface area contributed by atoms with E-state index in [-0.39, 0.29) is 17.1 Å². The zero-order chi connectivity index (χ0) is 16.9. The molecule has 0 bridgehead atoms. The molecule has 2 amide bonds. The number of nitrogens with one attached hydrogen (secondary N) is 3. The number of nitrogens with zero attached hydrogens (tertiary/aromatic N) is 2. The molecule has 7 nitrogen and oxygen atoms in total. The molecule has 3 rings (SSSR count). The van der Waals surface area contributed by atoms with Crippen molar-refractivity contribution in [3.8, 4) is 0 Å². The first-order valence-electron chi connectivity index (χ1n) is 7.70. The number of amides is 2. The fourth-order valence-corrected chi connectivity index (χ4v) is 2.92. The maximum absolute atomic E-state index is 12.0. The molecule has 126 valence electrons. The van der Waals surface area contributed by atoms with Crippen LogP contribution in [0.4, 0.5) is 10.5 Å². The van der Waals surface area contributed by atoms with Gasteiger partial charge in [0.25, 0.3) is 5.56 Å². The Morgan fingerprint density at radius 3 is 2.96 bits per heavy atom. The molecule has 3 N–H and O–H groups in total. The molecule has 1 unspecified atom stereocenters. The van der Waals surface area contributed by atoms with Crippen LogP contribution >= 0.6 is 11.6 Å². The zero-order valence-corrected chi connectivity index (χ0v) is 13.7. The number of halogens is 1. The molecule has 1 aliphatic rings. The van der Waals surface area contributed by atoms with Gasteiger partial charge in [-0.2, -0.15) is 5.10 Å². The molecular weight excluding hydrogens is 330 g/mol. The molecule has 1 atom stereocenters. The summed E-state index contributed by atoms with van der Waals surface area (Å²) in [4.78, 5) is 25.5. The van der Waals surface area contributed by atoms with E-state index in [4.69, 9.17) is 11.6 Å². The molecule has 0 radical (unpaired) electrons. The van der Waals surface area contributed by atoms with Gasteiger partial charge in [-0.05, 0) is 12.0 Å². The number of hydrogen-bond acceptors (Lipinski definition) is 4. The summed E-state index contributed by atoms with van der Waals surface area (Å²) in [6, 6.07) is 9.51. The van der Waals surface area contributed by atoms with Crippen molar-refractivity contribution in [1.82, 2.24) is 20.8 Å². The van der Waals surface area contributed by atoms with Crippen molar-refractivity contribution in [2.45, 2.75) is 19.0 Å². The predicted octanol–water partition coefficient (Wildman–Crippen LogP) is 1.50. The summed E-state index contributed by atoms with van der Waals surface area (Å²) in [5.41, 5.74) is 1.22. The number of rotatable bonds is 4. The molecule has 1 aromatic heterocycles. The van der Waals surface area contributed by atoms with Gasteiger partial charge in [0.15, 0.2) is 0 Å². The third-order valence-corrected chi connectivity index (χ3v) is 4.30. The van der Waals surface area contributed by atoms with Crippen LogP contribution in [0, 0.1) is 0 Å². The van der Waals surface area contributed by atoms with E-state index in [0.29, 0.717) is 25.3 Å². The SMILES string of the molecule is O=C(NCc1ccccc1)NC1CCN(c2cn[nH]c(=O)c2Cl)C1. The van der Waals surface area contributed by atoms with Gasteiger partial charge in [0.1, 0.15) is 5.02 Å². The van der Waals surface area contributed by atoms with Gasteiger partial charge in [0.05, 0.1) is 11.9 Å². The molecule has 0 aliphatic carbocycles. The monoisotopic (exact) mass is 347 g/mol. The second-order valence-corrected chi connectivity index (χ2v) is 6.02. The zero-order valence-electron chi connectivity index (χ0n) is 13.0. The average Bonchev–Trinajstić information content (AvgIpc) is 3.04. The molecule has 2 heterocycles. The third-order valence-electron chi connectivity index (χ3n) is 3.94. The highest BCUT2D eigenvalue weighted by Crippen LogP contribution is 2.24. The fourth-order valence-electron chi connectivity index (χ4n) is 2.71. The molecule has 2 aromatic rings. The first-order valence-corrected chi connectivity index (χ1v) is 8.07. The van der Waals surface area contributed by atoms with Gasteiger partial charge >= 0.3 is 6.03 Å². The lowest BCUT2D eigenvalue weighted by molar-refractivity contribution is 0.237. The van der Waals surface area contributed by atoms with Crippen molar-refractivity contribution in [1.29, 1.82) is 0 Å². The number of aromatic amines is 1. The van der Waals surface area contributed by atoms with Crippen molar-refractivity contribution in [3.63, 3.8) is 0 Å². The minimum Gasteiger partial charge on any atom is -0.367 e. The van der Waals surface area contributed by atoms with E-state index in [0.717, 1.165) is 12.0 Å². The lowest BCUT2D eigenvalue weighted by atomic mass is 10.2. The average molecular weight is 348 g/mol. The van der Waals surface area contributed by atoms with Crippen LogP contribution in [0.3, 0.4) is 0 Å². The van der Waals surface area contributed by atoms with Crippen LogP contribution < -0.4 is 21.1 Å².